The van der Waals surface area contributed by atoms with Crippen LogP contribution >= 0.6 is 0 Å². The molecule has 1 aliphatic carbocycles. The Hall–Kier alpha value is -1.51. The second-order valence-electron chi connectivity index (χ2n) is 4.98. The number of methoxy groups -OCH3 is 1. The van der Waals surface area contributed by atoms with Gasteiger partial charge < -0.3 is 9.94 Å². The van der Waals surface area contributed by atoms with Crippen molar-refractivity contribution in [1.82, 2.24) is 0 Å². The average molecular weight is 247 g/mol. The van der Waals surface area contributed by atoms with E-state index in [4.69, 9.17) is 4.74 Å². The lowest BCUT2D eigenvalue weighted by atomic mass is 9.84. The van der Waals surface area contributed by atoms with Crippen LogP contribution < -0.4 is 4.74 Å². The molecule has 0 aliphatic heterocycles. The molecule has 1 aromatic carbocycles. The van der Waals surface area contributed by atoms with Crippen LogP contribution in [0.1, 0.15) is 44.1 Å². The van der Waals surface area contributed by atoms with Crippen LogP contribution in [-0.4, -0.2) is 18.0 Å². The Morgan fingerprint density at radius 1 is 1.22 bits per heavy atom. The Bertz CT molecular complexity index is 391. The number of oxime groups is 1. The highest BCUT2D eigenvalue weighted by Crippen LogP contribution is 2.28. The van der Waals surface area contributed by atoms with E-state index >= 15 is 0 Å². The molecular formula is C15H21NO2. The third-order valence-electron chi connectivity index (χ3n) is 3.75. The first-order chi connectivity index (χ1) is 8.83. The van der Waals surface area contributed by atoms with Crippen LogP contribution in [0.3, 0.4) is 0 Å². The van der Waals surface area contributed by atoms with E-state index in [-0.39, 0.29) is 0 Å². The van der Waals surface area contributed by atoms with Crippen molar-refractivity contribution in [3.05, 3.63) is 29.8 Å². The van der Waals surface area contributed by atoms with Crippen LogP contribution in [0.5, 0.6) is 5.75 Å². The zero-order chi connectivity index (χ0) is 12.8. The topological polar surface area (TPSA) is 41.8 Å². The van der Waals surface area contributed by atoms with Gasteiger partial charge in [-0.3, -0.25) is 0 Å². The first-order valence-electron chi connectivity index (χ1n) is 6.69. The summed E-state index contributed by atoms with van der Waals surface area (Å²) in [5.41, 5.74) is 1.79. The van der Waals surface area contributed by atoms with Crippen LogP contribution in [0, 0.1) is 5.92 Å². The van der Waals surface area contributed by atoms with Gasteiger partial charge in [0.05, 0.1) is 12.8 Å². The minimum absolute atomic E-state index is 0.673. The molecule has 0 heterocycles. The lowest BCUT2D eigenvalue weighted by molar-refractivity contribution is 0.312. The highest BCUT2D eigenvalue weighted by molar-refractivity contribution is 6.00. The molecule has 3 nitrogen and oxygen atoms in total. The predicted molar refractivity (Wildman–Crippen MR) is 72.5 cm³/mol. The third kappa shape index (κ3) is 3.25. The van der Waals surface area contributed by atoms with Gasteiger partial charge in [-0.05, 0) is 42.2 Å². The van der Waals surface area contributed by atoms with Gasteiger partial charge in [-0.25, -0.2) is 0 Å². The summed E-state index contributed by atoms with van der Waals surface area (Å²) >= 11 is 0. The molecule has 2 rings (SSSR count). The van der Waals surface area contributed by atoms with E-state index in [9.17, 15) is 5.21 Å². The van der Waals surface area contributed by atoms with Gasteiger partial charge in [-0.2, -0.15) is 0 Å². The van der Waals surface area contributed by atoms with Crippen molar-refractivity contribution < 1.29 is 9.94 Å². The molecule has 0 radical (unpaired) electrons. The van der Waals surface area contributed by atoms with E-state index in [1.54, 1.807) is 7.11 Å². The van der Waals surface area contributed by atoms with E-state index in [0.717, 1.165) is 23.4 Å². The zero-order valence-corrected chi connectivity index (χ0v) is 10.9. The summed E-state index contributed by atoms with van der Waals surface area (Å²) in [6.07, 6.45) is 7.37. The minimum Gasteiger partial charge on any atom is -0.497 e. The van der Waals surface area contributed by atoms with Gasteiger partial charge in [0.2, 0.25) is 0 Å². The minimum atomic E-state index is 0.673. The maximum Gasteiger partial charge on any atom is 0.118 e. The summed E-state index contributed by atoms with van der Waals surface area (Å²) in [4.78, 5) is 0. The Morgan fingerprint density at radius 2 is 1.89 bits per heavy atom. The second kappa shape index (κ2) is 6.43. The number of hydrogen-bond donors (Lipinski definition) is 1. The van der Waals surface area contributed by atoms with Gasteiger partial charge in [0.25, 0.3) is 0 Å². The van der Waals surface area contributed by atoms with Crippen LogP contribution in [0.25, 0.3) is 0 Å². The molecule has 1 saturated carbocycles. The molecule has 3 heteroatoms. The Balaban J connectivity index is 2.03. The Morgan fingerprint density at radius 3 is 2.44 bits per heavy atom. The molecule has 0 saturated heterocycles. The molecule has 0 aromatic heterocycles. The Kier molecular flexibility index (Phi) is 4.62. The molecule has 1 aliphatic rings. The normalized spacial score (nSPS) is 17.7. The van der Waals surface area contributed by atoms with Crippen molar-refractivity contribution in [2.45, 2.75) is 38.5 Å². The van der Waals surface area contributed by atoms with Gasteiger partial charge in [-0.15, -0.1) is 0 Å². The SMILES string of the molecule is COc1ccc(/C(CC2CCCCC2)=N\O)cc1. The molecule has 0 spiro atoms. The molecule has 0 atom stereocenters. The predicted octanol–water partition coefficient (Wildman–Crippen LogP) is 3.84. The molecule has 98 valence electrons. The standard InChI is InChI=1S/C15H21NO2/c1-18-14-9-7-13(8-10-14)15(16-17)11-12-5-3-2-4-6-12/h7-10,12,17H,2-6,11H2,1H3/b16-15-. The highest BCUT2D eigenvalue weighted by atomic mass is 16.5. The highest BCUT2D eigenvalue weighted by Gasteiger charge is 2.17. The molecule has 18 heavy (non-hydrogen) atoms. The maximum absolute atomic E-state index is 9.19. The molecule has 0 amide bonds. The second-order valence-corrected chi connectivity index (χ2v) is 4.98. The van der Waals surface area contributed by atoms with Gasteiger partial charge >= 0.3 is 0 Å². The fraction of sp³-hybridized carbons (Fsp3) is 0.533. The number of benzene rings is 1. The van der Waals surface area contributed by atoms with Gasteiger partial charge in [0.1, 0.15) is 5.75 Å². The lowest BCUT2D eigenvalue weighted by Crippen LogP contribution is -2.13. The monoisotopic (exact) mass is 247 g/mol. The number of rotatable bonds is 4. The van der Waals surface area contributed by atoms with Crippen LogP contribution in [0.2, 0.25) is 0 Å². The van der Waals surface area contributed by atoms with Gasteiger partial charge in [-0.1, -0.05) is 37.3 Å². The third-order valence-corrected chi connectivity index (χ3v) is 3.75. The largest absolute Gasteiger partial charge is 0.497 e. The van der Waals surface area contributed by atoms with Crippen molar-refractivity contribution in [2.75, 3.05) is 7.11 Å². The molecule has 1 aromatic rings. The van der Waals surface area contributed by atoms with Crippen LogP contribution in [0.4, 0.5) is 0 Å². The van der Waals surface area contributed by atoms with E-state index in [1.807, 2.05) is 24.3 Å². The summed E-state index contributed by atoms with van der Waals surface area (Å²) in [5, 5.41) is 12.7. The first kappa shape index (κ1) is 12.9. The van der Waals surface area contributed by atoms with Crippen molar-refractivity contribution in [3.63, 3.8) is 0 Å². The number of hydrogen-bond acceptors (Lipinski definition) is 3. The number of nitrogens with zero attached hydrogens (tertiary/aromatic N) is 1. The number of ether oxygens (including phenoxy) is 1. The maximum atomic E-state index is 9.19. The molecule has 1 fully saturated rings. The van der Waals surface area contributed by atoms with E-state index in [2.05, 4.69) is 5.16 Å². The summed E-state index contributed by atoms with van der Waals surface area (Å²) in [7, 11) is 1.65. The van der Waals surface area contributed by atoms with Crippen molar-refractivity contribution in [1.29, 1.82) is 0 Å². The first-order valence-corrected chi connectivity index (χ1v) is 6.69. The molecular weight excluding hydrogens is 226 g/mol. The molecule has 1 N–H and O–H groups in total. The average Bonchev–Trinajstić information content (AvgIpc) is 2.46. The van der Waals surface area contributed by atoms with Crippen molar-refractivity contribution in [2.24, 2.45) is 11.1 Å². The van der Waals surface area contributed by atoms with Gasteiger partial charge in [0, 0.05) is 0 Å². The fourth-order valence-electron chi connectivity index (χ4n) is 2.66. The quantitative estimate of drug-likeness (QED) is 0.499. The summed E-state index contributed by atoms with van der Waals surface area (Å²) in [6, 6.07) is 7.72. The van der Waals surface area contributed by atoms with E-state index in [0.29, 0.717) is 5.92 Å². The zero-order valence-electron chi connectivity index (χ0n) is 10.9. The summed E-state index contributed by atoms with van der Waals surface area (Å²) < 4.78 is 5.13. The summed E-state index contributed by atoms with van der Waals surface area (Å²) in [6.45, 7) is 0. The fourth-order valence-corrected chi connectivity index (χ4v) is 2.66. The smallest absolute Gasteiger partial charge is 0.118 e. The van der Waals surface area contributed by atoms with Crippen LogP contribution in [-0.2, 0) is 0 Å². The van der Waals surface area contributed by atoms with Crippen molar-refractivity contribution in [3.8, 4) is 5.75 Å². The molecule has 0 bridgehead atoms. The van der Waals surface area contributed by atoms with Gasteiger partial charge in [0.15, 0.2) is 0 Å². The van der Waals surface area contributed by atoms with E-state index < -0.39 is 0 Å². The van der Waals surface area contributed by atoms with E-state index in [1.165, 1.54) is 32.1 Å². The van der Waals surface area contributed by atoms with Crippen molar-refractivity contribution >= 4 is 5.71 Å². The lowest BCUT2D eigenvalue weighted by Gasteiger charge is -2.21. The molecule has 0 unspecified atom stereocenters. The van der Waals surface area contributed by atoms with Crippen LogP contribution in [0.15, 0.2) is 29.4 Å². The Labute approximate surface area is 108 Å². The summed E-state index contributed by atoms with van der Waals surface area (Å²) in [5.74, 6) is 1.50.